The number of pyridine rings is 1. The Balaban J connectivity index is 1.27. The Morgan fingerprint density at radius 3 is 2.24 bits per heavy atom. The maximum absolute atomic E-state index is 6.33. The van der Waals surface area contributed by atoms with Crippen LogP contribution in [0.3, 0.4) is 0 Å². The Labute approximate surface area is 257 Å². The first-order valence-corrected chi connectivity index (χ1v) is 14.7. The number of H-pyrrole nitrogens is 1. The molecule has 1 unspecified atom stereocenters. The van der Waals surface area contributed by atoms with Gasteiger partial charge in [0, 0.05) is 49.5 Å². The first-order chi connectivity index (χ1) is 20.4. The van der Waals surface area contributed by atoms with E-state index in [0.29, 0.717) is 21.4 Å². The number of hydrogen-bond acceptors (Lipinski definition) is 5. The molecule has 0 spiro atoms. The minimum atomic E-state index is -0.346. The Bertz CT molecular complexity index is 1610. The Hall–Kier alpha value is -3.68. The van der Waals surface area contributed by atoms with E-state index in [4.69, 9.17) is 27.9 Å². The number of nitrogens with zero attached hydrogens (tertiary/aromatic N) is 4. The molecule has 0 saturated carbocycles. The zero-order chi connectivity index (χ0) is 29.5. The lowest BCUT2D eigenvalue weighted by Gasteiger charge is -2.24. The van der Waals surface area contributed by atoms with E-state index in [0.717, 1.165) is 48.3 Å². The second-order valence-corrected chi connectivity index (χ2v) is 11.5. The molecule has 2 heterocycles. The van der Waals surface area contributed by atoms with Crippen molar-refractivity contribution >= 4 is 46.3 Å². The highest BCUT2D eigenvalue weighted by atomic mass is 35.5. The van der Waals surface area contributed by atoms with E-state index in [1.54, 1.807) is 12.4 Å². The summed E-state index contributed by atoms with van der Waals surface area (Å²) in [7, 11) is 4.24. The first kappa shape index (κ1) is 29.8. The summed E-state index contributed by atoms with van der Waals surface area (Å²) >= 11 is 12.7. The summed E-state index contributed by atoms with van der Waals surface area (Å²) in [6.45, 7) is 5.76. The molecule has 8 heteroatoms. The Morgan fingerprint density at radius 2 is 1.55 bits per heavy atom. The fourth-order valence-corrected chi connectivity index (χ4v) is 5.52. The smallest absolute Gasteiger partial charge is 0.124 e. The van der Waals surface area contributed by atoms with Gasteiger partial charge in [-0.1, -0.05) is 83.9 Å². The molecular weight excluding hydrogens is 565 g/mol. The zero-order valence-electron chi connectivity index (χ0n) is 24.1. The number of fused-ring (bicyclic) bond motifs is 1. The van der Waals surface area contributed by atoms with Crippen LogP contribution < -0.4 is 4.74 Å². The lowest BCUT2D eigenvalue weighted by atomic mass is 10.1. The van der Waals surface area contributed by atoms with E-state index in [-0.39, 0.29) is 6.10 Å². The second-order valence-electron chi connectivity index (χ2n) is 10.7. The van der Waals surface area contributed by atoms with Crippen LogP contribution in [-0.4, -0.2) is 52.2 Å². The molecule has 6 nitrogen and oxygen atoms in total. The van der Waals surface area contributed by atoms with Crippen LogP contribution in [0.2, 0.25) is 10.0 Å². The molecule has 216 valence electrons. The maximum atomic E-state index is 6.33. The average Bonchev–Trinajstić information content (AvgIpc) is 3.38. The highest BCUT2D eigenvalue weighted by Crippen LogP contribution is 2.33. The van der Waals surface area contributed by atoms with Gasteiger partial charge in [0.15, 0.2) is 0 Å². The van der Waals surface area contributed by atoms with Gasteiger partial charge in [-0.3, -0.25) is 15.0 Å². The molecule has 0 radical (unpaired) electrons. The summed E-state index contributed by atoms with van der Waals surface area (Å²) in [6.07, 6.45) is 6.91. The summed E-state index contributed by atoms with van der Waals surface area (Å²) in [5.74, 6) is 0.702. The molecule has 0 aliphatic carbocycles. The minimum absolute atomic E-state index is 0.346. The largest absolute Gasteiger partial charge is 0.486 e. The summed E-state index contributed by atoms with van der Waals surface area (Å²) < 4.78 is 6.20. The third-order valence-electron chi connectivity index (χ3n) is 7.11. The van der Waals surface area contributed by atoms with Crippen molar-refractivity contribution in [3.8, 4) is 5.75 Å². The van der Waals surface area contributed by atoms with Crippen LogP contribution in [0.1, 0.15) is 41.0 Å². The molecule has 0 aliphatic heterocycles. The number of rotatable bonds is 12. The normalized spacial score (nSPS) is 12.5. The van der Waals surface area contributed by atoms with Crippen LogP contribution in [0.15, 0.2) is 85.2 Å². The lowest BCUT2D eigenvalue weighted by molar-refractivity contribution is 0.226. The van der Waals surface area contributed by atoms with Crippen LogP contribution in [-0.2, 0) is 13.1 Å². The van der Waals surface area contributed by atoms with Gasteiger partial charge in [0.25, 0.3) is 0 Å². The number of nitrogens with one attached hydrogen (secondary N) is 1. The third kappa shape index (κ3) is 7.78. The zero-order valence-corrected chi connectivity index (χ0v) is 25.6. The van der Waals surface area contributed by atoms with Crippen LogP contribution >= 0.6 is 23.2 Å². The predicted molar refractivity (Wildman–Crippen MR) is 174 cm³/mol. The predicted octanol–water partition coefficient (Wildman–Crippen LogP) is 8.14. The van der Waals surface area contributed by atoms with Crippen molar-refractivity contribution in [2.75, 3.05) is 27.2 Å². The molecule has 0 fully saturated rings. The molecule has 5 rings (SSSR count). The van der Waals surface area contributed by atoms with Gasteiger partial charge in [0.2, 0.25) is 0 Å². The van der Waals surface area contributed by atoms with Crippen molar-refractivity contribution < 1.29 is 4.74 Å². The quantitative estimate of drug-likeness (QED) is 0.157. The number of likely N-dealkylation sites (N-methyl/N-ethyl adjacent to an activating group) is 1. The number of ether oxygens (including phenoxy) is 1. The third-order valence-corrected chi connectivity index (χ3v) is 7.71. The van der Waals surface area contributed by atoms with E-state index >= 15 is 0 Å². The van der Waals surface area contributed by atoms with Gasteiger partial charge in [0.05, 0.1) is 21.3 Å². The van der Waals surface area contributed by atoms with Gasteiger partial charge in [-0.2, -0.15) is 5.10 Å². The van der Waals surface area contributed by atoms with E-state index in [9.17, 15) is 0 Å². The van der Waals surface area contributed by atoms with Crippen molar-refractivity contribution in [3.05, 3.63) is 123 Å². The van der Waals surface area contributed by atoms with E-state index in [1.807, 2.05) is 31.2 Å². The number of aromatic nitrogens is 3. The number of aromatic amines is 1. The molecule has 0 aliphatic rings. The number of hydrogen-bond donors (Lipinski definition) is 1. The highest BCUT2D eigenvalue weighted by molar-refractivity contribution is 6.35. The van der Waals surface area contributed by atoms with Gasteiger partial charge >= 0.3 is 0 Å². The van der Waals surface area contributed by atoms with E-state index in [1.165, 1.54) is 11.1 Å². The molecular formula is C34H35Cl2N5O. The summed E-state index contributed by atoms with van der Waals surface area (Å²) in [4.78, 5) is 8.75. The maximum Gasteiger partial charge on any atom is 0.124 e. The summed E-state index contributed by atoms with van der Waals surface area (Å²) in [6, 6.07) is 25.2. The van der Waals surface area contributed by atoms with Gasteiger partial charge in [-0.15, -0.1) is 0 Å². The fourth-order valence-electron chi connectivity index (χ4n) is 4.85. The molecule has 3 aromatic carbocycles. The van der Waals surface area contributed by atoms with Crippen LogP contribution in [0, 0.1) is 0 Å². The Kier molecular flexibility index (Phi) is 9.93. The van der Waals surface area contributed by atoms with Crippen molar-refractivity contribution in [1.82, 2.24) is 25.0 Å². The molecule has 0 saturated heterocycles. The minimum Gasteiger partial charge on any atom is -0.486 e. The first-order valence-electron chi connectivity index (χ1n) is 14.0. The van der Waals surface area contributed by atoms with E-state index < -0.39 is 0 Å². The van der Waals surface area contributed by atoms with Gasteiger partial charge in [-0.25, -0.2) is 0 Å². The van der Waals surface area contributed by atoms with Gasteiger partial charge in [0.1, 0.15) is 11.9 Å². The van der Waals surface area contributed by atoms with Crippen LogP contribution in [0.25, 0.3) is 23.1 Å². The van der Waals surface area contributed by atoms with Crippen molar-refractivity contribution in [2.24, 2.45) is 0 Å². The SMILES string of the molecule is CC(Oc1ccc2[nH]nc(/C=C/c3ccc(CN(CCN(C)C)Cc4ccccc4)cc3)c2c1)c1c(Cl)cncc1Cl. The molecule has 5 aromatic rings. The second kappa shape index (κ2) is 14.0. The van der Waals surface area contributed by atoms with Crippen molar-refractivity contribution in [3.63, 3.8) is 0 Å². The standard InChI is InChI=1S/C34H35Cl2N5O/c1-24(34-30(35)20-37-21-31(34)36)42-28-14-16-33-29(19-28)32(38-39-33)15-13-25-9-11-27(12-10-25)23-41(18-17-40(2)3)22-26-7-5-4-6-8-26/h4-16,19-21,24H,17-18,22-23H2,1-3H3,(H,38,39)/b15-13+. The number of halogens is 2. The molecule has 1 atom stereocenters. The summed E-state index contributed by atoms with van der Waals surface area (Å²) in [5.41, 5.74) is 6.21. The Morgan fingerprint density at radius 1 is 0.857 bits per heavy atom. The van der Waals surface area contributed by atoms with Crippen molar-refractivity contribution in [1.29, 1.82) is 0 Å². The molecule has 2 aromatic heterocycles. The van der Waals surface area contributed by atoms with Crippen LogP contribution in [0.4, 0.5) is 0 Å². The molecule has 1 N–H and O–H groups in total. The van der Waals surface area contributed by atoms with E-state index in [2.05, 4.69) is 99.7 Å². The molecule has 0 amide bonds. The average molecular weight is 601 g/mol. The fraction of sp³-hybridized carbons (Fsp3) is 0.235. The summed E-state index contributed by atoms with van der Waals surface area (Å²) in [5, 5.41) is 9.55. The highest BCUT2D eigenvalue weighted by Gasteiger charge is 2.17. The van der Waals surface area contributed by atoms with Gasteiger partial charge in [-0.05, 0) is 62.0 Å². The molecule has 0 bridgehead atoms. The number of benzene rings is 3. The van der Waals surface area contributed by atoms with Crippen molar-refractivity contribution in [2.45, 2.75) is 26.1 Å². The van der Waals surface area contributed by atoms with Gasteiger partial charge < -0.3 is 9.64 Å². The monoisotopic (exact) mass is 599 g/mol. The van der Waals surface area contributed by atoms with Crippen LogP contribution in [0.5, 0.6) is 5.75 Å². The lowest BCUT2D eigenvalue weighted by Crippen LogP contribution is -2.31. The molecule has 42 heavy (non-hydrogen) atoms. The topological polar surface area (TPSA) is 57.3 Å².